The molecular formula is C17H33N2. The van der Waals surface area contributed by atoms with E-state index in [0.29, 0.717) is 0 Å². The first kappa shape index (κ1) is 16.4. The van der Waals surface area contributed by atoms with Gasteiger partial charge in [-0.15, -0.1) is 0 Å². The third-order valence-corrected chi connectivity index (χ3v) is 3.85. The number of unbranched alkanes of at least 4 members (excludes halogenated alkanes) is 8. The van der Waals surface area contributed by atoms with Crippen molar-refractivity contribution in [2.45, 2.75) is 71.1 Å². The lowest BCUT2D eigenvalue weighted by atomic mass is 10.1. The molecule has 0 aromatic carbocycles. The first-order valence-corrected chi connectivity index (χ1v) is 8.32. The van der Waals surface area contributed by atoms with Crippen LogP contribution in [0.2, 0.25) is 0 Å². The van der Waals surface area contributed by atoms with E-state index in [2.05, 4.69) is 36.0 Å². The van der Waals surface area contributed by atoms with Crippen LogP contribution in [0.5, 0.6) is 0 Å². The van der Waals surface area contributed by atoms with Gasteiger partial charge in [0.2, 0.25) is 0 Å². The van der Waals surface area contributed by atoms with E-state index in [-0.39, 0.29) is 0 Å². The molecule has 0 fully saturated rings. The van der Waals surface area contributed by atoms with Gasteiger partial charge in [-0.25, -0.2) is 0 Å². The molecule has 19 heavy (non-hydrogen) atoms. The Kier molecular flexibility index (Phi) is 9.66. The summed E-state index contributed by atoms with van der Waals surface area (Å²) in [7, 11) is 0. The fourth-order valence-corrected chi connectivity index (χ4v) is 2.57. The quantitative estimate of drug-likeness (QED) is 0.468. The second-order valence-electron chi connectivity index (χ2n) is 5.75. The Hall–Kier alpha value is -0.660. The van der Waals surface area contributed by atoms with Crippen LogP contribution in [0.3, 0.4) is 0 Å². The van der Waals surface area contributed by atoms with Crippen LogP contribution >= 0.6 is 0 Å². The van der Waals surface area contributed by atoms with Crippen molar-refractivity contribution in [3.63, 3.8) is 0 Å². The van der Waals surface area contributed by atoms with Crippen molar-refractivity contribution in [2.24, 2.45) is 0 Å². The highest BCUT2D eigenvalue weighted by atomic mass is 15.3. The van der Waals surface area contributed by atoms with E-state index in [0.717, 1.165) is 13.1 Å². The summed E-state index contributed by atoms with van der Waals surface area (Å²) in [5, 5.41) is 0. The molecule has 0 amide bonds. The molecule has 0 N–H and O–H groups in total. The second-order valence-corrected chi connectivity index (χ2v) is 5.75. The molecule has 0 spiro atoms. The maximum atomic E-state index is 3.89. The van der Waals surface area contributed by atoms with Crippen LogP contribution in [0.15, 0.2) is 12.4 Å². The molecule has 0 bridgehead atoms. The van der Waals surface area contributed by atoms with Crippen LogP contribution in [0.4, 0.5) is 0 Å². The molecule has 2 heteroatoms. The van der Waals surface area contributed by atoms with Gasteiger partial charge in [-0.05, 0) is 12.8 Å². The normalized spacial score (nSPS) is 14.6. The Balaban J connectivity index is 1.92. The molecule has 1 rings (SSSR count). The zero-order valence-electron chi connectivity index (χ0n) is 12.9. The SMILES string of the molecule is [CH2]CCCCCN1C=CN(CCCCCCCC)C1. The van der Waals surface area contributed by atoms with Gasteiger partial charge in [-0.2, -0.15) is 0 Å². The van der Waals surface area contributed by atoms with Crippen molar-refractivity contribution in [1.82, 2.24) is 9.80 Å². The van der Waals surface area contributed by atoms with Gasteiger partial charge < -0.3 is 9.80 Å². The second kappa shape index (κ2) is 11.2. The lowest BCUT2D eigenvalue weighted by Gasteiger charge is -2.21. The highest BCUT2D eigenvalue weighted by Crippen LogP contribution is 2.11. The van der Waals surface area contributed by atoms with Crippen molar-refractivity contribution in [3.05, 3.63) is 19.3 Å². The van der Waals surface area contributed by atoms with Gasteiger partial charge >= 0.3 is 0 Å². The van der Waals surface area contributed by atoms with Gasteiger partial charge in [-0.3, -0.25) is 0 Å². The summed E-state index contributed by atoms with van der Waals surface area (Å²) in [5.41, 5.74) is 0. The van der Waals surface area contributed by atoms with Crippen molar-refractivity contribution < 1.29 is 0 Å². The average molecular weight is 265 g/mol. The lowest BCUT2D eigenvalue weighted by molar-refractivity contribution is 0.257. The predicted octanol–water partition coefficient (Wildman–Crippen LogP) is 4.79. The number of nitrogens with zero attached hydrogens (tertiary/aromatic N) is 2. The highest BCUT2D eigenvalue weighted by Gasteiger charge is 2.10. The molecule has 0 atom stereocenters. The number of hydrogen-bond acceptors (Lipinski definition) is 2. The van der Waals surface area contributed by atoms with Crippen molar-refractivity contribution in [2.75, 3.05) is 19.8 Å². The molecule has 1 heterocycles. The van der Waals surface area contributed by atoms with Crippen molar-refractivity contribution >= 4 is 0 Å². The average Bonchev–Trinajstić information content (AvgIpc) is 2.87. The summed E-state index contributed by atoms with van der Waals surface area (Å²) in [6.07, 6.45) is 17.9. The minimum Gasteiger partial charge on any atom is -0.359 e. The molecule has 0 saturated heterocycles. The molecule has 0 unspecified atom stereocenters. The van der Waals surface area contributed by atoms with Gasteiger partial charge in [0.05, 0.1) is 6.67 Å². The van der Waals surface area contributed by atoms with Gasteiger partial charge in [0.1, 0.15) is 0 Å². The smallest absolute Gasteiger partial charge is 0.0893 e. The Morgan fingerprint density at radius 1 is 0.789 bits per heavy atom. The summed E-state index contributed by atoms with van der Waals surface area (Å²) < 4.78 is 0. The molecule has 0 aliphatic carbocycles. The van der Waals surface area contributed by atoms with Gasteiger partial charge in [0.15, 0.2) is 0 Å². The third-order valence-electron chi connectivity index (χ3n) is 3.85. The van der Waals surface area contributed by atoms with Crippen LogP contribution in [0.1, 0.15) is 71.1 Å². The molecule has 0 aromatic heterocycles. The van der Waals surface area contributed by atoms with E-state index in [1.54, 1.807) is 0 Å². The third kappa shape index (κ3) is 8.18. The Bertz CT molecular complexity index is 225. The monoisotopic (exact) mass is 265 g/mol. The first-order chi connectivity index (χ1) is 9.36. The van der Waals surface area contributed by atoms with E-state index in [1.807, 2.05) is 0 Å². The molecular weight excluding hydrogens is 232 g/mol. The molecule has 2 nitrogen and oxygen atoms in total. The van der Waals surface area contributed by atoms with E-state index >= 15 is 0 Å². The zero-order chi connectivity index (χ0) is 13.8. The topological polar surface area (TPSA) is 6.48 Å². The van der Waals surface area contributed by atoms with Gasteiger partial charge in [0.25, 0.3) is 0 Å². The van der Waals surface area contributed by atoms with Crippen LogP contribution in [0, 0.1) is 6.92 Å². The van der Waals surface area contributed by atoms with Crippen LogP contribution in [-0.2, 0) is 0 Å². The van der Waals surface area contributed by atoms with Crippen molar-refractivity contribution in [1.29, 1.82) is 0 Å². The summed E-state index contributed by atoms with van der Waals surface area (Å²) >= 11 is 0. The van der Waals surface area contributed by atoms with Crippen molar-refractivity contribution in [3.8, 4) is 0 Å². The Labute approximate surface area is 120 Å². The minimum atomic E-state index is 1.08. The molecule has 0 saturated carbocycles. The van der Waals surface area contributed by atoms with E-state index in [9.17, 15) is 0 Å². The fourth-order valence-electron chi connectivity index (χ4n) is 2.57. The largest absolute Gasteiger partial charge is 0.359 e. The highest BCUT2D eigenvalue weighted by molar-refractivity contribution is 4.90. The van der Waals surface area contributed by atoms with Crippen LogP contribution in [0.25, 0.3) is 0 Å². The summed E-state index contributed by atoms with van der Waals surface area (Å²) in [5.74, 6) is 0. The lowest BCUT2D eigenvalue weighted by Crippen LogP contribution is -2.26. The van der Waals surface area contributed by atoms with Gasteiger partial charge in [0, 0.05) is 25.5 Å². The van der Waals surface area contributed by atoms with Gasteiger partial charge in [-0.1, -0.05) is 65.2 Å². The molecule has 0 aromatic rings. The Morgan fingerprint density at radius 2 is 1.32 bits per heavy atom. The van der Waals surface area contributed by atoms with Crippen LogP contribution < -0.4 is 0 Å². The van der Waals surface area contributed by atoms with Crippen LogP contribution in [-0.4, -0.2) is 29.6 Å². The molecule has 1 aliphatic rings. The maximum absolute atomic E-state index is 3.89. The predicted molar refractivity (Wildman–Crippen MR) is 84.6 cm³/mol. The standard InChI is InChI=1S/C17H33N2/c1-3-5-7-9-10-12-14-19-16-15-18(17-19)13-11-8-6-4-2/h15-16H,2-14,17H2,1H3. The summed E-state index contributed by atoms with van der Waals surface area (Å²) in [6, 6.07) is 0. The van der Waals surface area contributed by atoms with E-state index < -0.39 is 0 Å². The summed E-state index contributed by atoms with van der Waals surface area (Å²) in [6.45, 7) is 9.73. The number of hydrogen-bond donors (Lipinski definition) is 0. The fraction of sp³-hybridized carbons (Fsp3) is 0.824. The first-order valence-electron chi connectivity index (χ1n) is 8.32. The minimum absolute atomic E-state index is 1.08. The molecule has 111 valence electrons. The zero-order valence-corrected chi connectivity index (χ0v) is 12.9. The molecule has 1 radical (unpaired) electrons. The van der Waals surface area contributed by atoms with E-state index in [1.165, 1.54) is 70.9 Å². The number of rotatable bonds is 12. The summed E-state index contributed by atoms with van der Waals surface area (Å²) in [4.78, 5) is 4.90. The van der Waals surface area contributed by atoms with E-state index in [4.69, 9.17) is 0 Å². The Morgan fingerprint density at radius 3 is 1.89 bits per heavy atom. The molecule has 1 aliphatic heterocycles. The maximum Gasteiger partial charge on any atom is 0.0893 e.